The highest BCUT2D eigenvalue weighted by Gasteiger charge is 2.26. The molecule has 0 N–H and O–H groups in total. The first-order valence-corrected chi connectivity index (χ1v) is 12.5. The van der Waals surface area contributed by atoms with E-state index in [1.54, 1.807) is 22.7 Å². The number of aromatic nitrogens is 3. The number of fused-ring (bicyclic) bond motifs is 1. The number of amides is 1. The molecule has 1 aliphatic rings. The fraction of sp³-hybridized carbons (Fsp3) is 0.632. The van der Waals surface area contributed by atoms with Crippen LogP contribution in [0.25, 0.3) is 5.65 Å². The van der Waals surface area contributed by atoms with Crippen molar-refractivity contribution >= 4 is 33.3 Å². The highest BCUT2D eigenvalue weighted by atomic mass is 32.2. The summed E-state index contributed by atoms with van der Waals surface area (Å²) in [7, 11) is -3.58. The molecule has 3 rings (SSSR count). The Labute approximate surface area is 176 Å². The van der Waals surface area contributed by atoms with E-state index >= 15 is 0 Å². The van der Waals surface area contributed by atoms with Crippen molar-refractivity contribution < 1.29 is 13.2 Å². The highest BCUT2D eigenvalue weighted by Crippen LogP contribution is 2.26. The molecule has 0 radical (unpaired) electrons. The number of thioether (sulfide) groups is 1. The zero-order chi connectivity index (χ0) is 21.0. The third-order valence-electron chi connectivity index (χ3n) is 5.23. The van der Waals surface area contributed by atoms with Crippen LogP contribution >= 0.6 is 11.8 Å². The maximum Gasteiger partial charge on any atom is 0.244 e. The Bertz CT molecular complexity index is 948. The molecule has 29 heavy (non-hydrogen) atoms. The second-order valence-corrected chi connectivity index (χ2v) is 10.4. The topological polar surface area (TPSA) is 87.9 Å². The van der Waals surface area contributed by atoms with Gasteiger partial charge in [-0.3, -0.25) is 9.20 Å². The van der Waals surface area contributed by atoms with Gasteiger partial charge >= 0.3 is 0 Å². The van der Waals surface area contributed by atoms with Crippen LogP contribution in [0.5, 0.6) is 0 Å². The van der Waals surface area contributed by atoms with Crippen molar-refractivity contribution in [3.05, 3.63) is 18.3 Å². The molecule has 0 aromatic carbocycles. The van der Waals surface area contributed by atoms with Crippen molar-refractivity contribution in [3.63, 3.8) is 0 Å². The summed E-state index contributed by atoms with van der Waals surface area (Å²) in [5.41, 5.74) is 0.556. The first-order valence-electron chi connectivity index (χ1n) is 10.2. The van der Waals surface area contributed by atoms with Gasteiger partial charge in [0, 0.05) is 32.4 Å². The SMILES string of the molecule is CCN(CC)S(=O)(=O)c1ccc2nnc(SC(C)C(=O)N3CCCCCC3)n2c1. The Balaban J connectivity index is 1.84. The smallest absolute Gasteiger partial charge is 0.244 e. The maximum absolute atomic E-state index is 12.9. The fourth-order valence-corrected chi connectivity index (χ4v) is 5.92. The predicted octanol–water partition coefficient (Wildman–Crippen LogP) is 2.64. The van der Waals surface area contributed by atoms with Crippen molar-refractivity contribution in [2.45, 2.75) is 61.8 Å². The quantitative estimate of drug-likeness (QED) is 0.617. The van der Waals surface area contributed by atoms with Crippen LogP contribution in [0, 0.1) is 0 Å². The average Bonchev–Trinajstić information content (AvgIpc) is 2.91. The molecule has 0 aliphatic carbocycles. The molecule has 0 spiro atoms. The standard InChI is InChI=1S/C19H29N5O3S2/c1-4-23(5-2)29(26,27)16-10-11-17-20-21-19(24(17)14-16)28-15(3)18(25)22-12-8-6-7-9-13-22/h10-11,14-15H,4-9,12-13H2,1-3H3. The molecule has 1 atom stereocenters. The minimum Gasteiger partial charge on any atom is -0.342 e. The van der Waals surface area contributed by atoms with Crippen LogP contribution in [0.3, 0.4) is 0 Å². The summed E-state index contributed by atoms with van der Waals surface area (Å²) in [5, 5.41) is 8.52. The summed E-state index contributed by atoms with van der Waals surface area (Å²) in [5.74, 6) is 0.0977. The minimum absolute atomic E-state index is 0.0977. The maximum atomic E-state index is 12.9. The molecule has 2 aromatic rings. The Morgan fingerprint density at radius 1 is 1.14 bits per heavy atom. The van der Waals surface area contributed by atoms with E-state index in [1.165, 1.54) is 28.9 Å². The van der Waals surface area contributed by atoms with Crippen LogP contribution in [-0.4, -0.2) is 69.6 Å². The largest absolute Gasteiger partial charge is 0.342 e. The summed E-state index contributed by atoms with van der Waals surface area (Å²) < 4.78 is 28.8. The van der Waals surface area contributed by atoms with Gasteiger partial charge in [-0.2, -0.15) is 4.31 Å². The number of hydrogen-bond acceptors (Lipinski definition) is 6. The number of sulfonamides is 1. The molecule has 160 valence electrons. The summed E-state index contributed by atoms with van der Waals surface area (Å²) >= 11 is 1.32. The molecule has 0 saturated carbocycles. The van der Waals surface area contributed by atoms with E-state index in [2.05, 4.69) is 10.2 Å². The van der Waals surface area contributed by atoms with Crippen molar-refractivity contribution in [1.82, 2.24) is 23.8 Å². The predicted molar refractivity (Wildman–Crippen MR) is 113 cm³/mol. The molecule has 8 nitrogen and oxygen atoms in total. The van der Waals surface area contributed by atoms with Crippen LogP contribution in [0.2, 0.25) is 0 Å². The zero-order valence-corrected chi connectivity index (χ0v) is 18.9. The van der Waals surface area contributed by atoms with Crippen LogP contribution in [0.15, 0.2) is 28.4 Å². The van der Waals surface area contributed by atoms with E-state index in [4.69, 9.17) is 0 Å². The lowest BCUT2D eigenvalue weighted by atomic mass is 10.2. The van der Waals surface area contributed by atoms with E-state index < -0.39 is 10.0 Å². The lowest BCUT2D eigenvalue weighted by Crippen LogP contribution is -2.37. The second kappa shape index (κ2) is 9.44. The number of hydrogen-bond donors (Lipinski definition) is 0. The van der Waals surface area contributed by atoms with E-state index in [1.807, 2.05) is 25.7 Å². The van der Waals surface area contributed by atoms with Crippen LogP contribution in [0.1, 0.15) is 46.5 Å². The number of pyridine rings is 1. The summed E-state index contributed by atoms with van der Waals surface area (Å²) in [6, 6.07) is 3.20. The molecule has 10 heteroatoms. The molecular weight excluding hydrogens is 410 g/mol. The lowest BCUT2D eigenvalue weighted by molar-refractivity contribution is -0.130. The van der Waals surface area contributed by atoms with Gasteiger partial charge in [0.25, 0.3) is 0 Å². The van der Waals surface area contributed by atoms with E-state index in [9.17, 15) is 13.2 Å². The molecule has 1 aliphatic heterocycles. The van der Waals surface area contributed by atoms with Crippen molar-refractivity contribution in [1.29, 1.82) is 0 Å². The first kappa shape index (κ1) is 22.0. The van der Waals surface area contributed by atoms with Crippen LogP contribution < -0.4 is 0 Å². The van der Waals surface area contributed by atoms with Crippen molar-refractivity contribution in [3.8, 4) is 0 Å². The molecule has 1 fully saturated rings. The third kappa shape index (κ3) is 4.75. The van der Waals surface area contributed by atoms with Crippen molar-refractivity contribution in [2.24, 2.45) is 0 Å². The Hall–Kier alpha value is -1.65. The molecule has 1 amide bonds. The van der Waals surface area contributed by atoms with Gasteiger partial charge in [-0.15, -0.1) is 10.2 Å². The molecule has 1 saturated heterocycles. The molecule has 0 bridgehead atoms. The van der Waals surface area contributed by atoms with E-state index in [0.29, 0.717) is 23.9 Å². The highest BCUT2D eigenvalue weighted by molar-refractivity contribution is 8.00. The summed E-state index contributed by atoms with van der Waals surface area (Å²) in [6.07, 6.45) is 5.98. The van der Waals surface area contributed by atoms with Gasteiger partial charge in [-0.25, -0.2) is 8.42 Å². The first-order chi connectivity index (χ1) is 13.9. The van der Waals surface area contributed by atoms with Crippen molar-refractivity contribution in [2.75, 3.05) is 26.2 Å². The molecule has 3 heterocycles. The summed E-state index contributed by atoms with van der Waals surface area (Å²) in [4.78, 5) is 15.0. The Morgan fingerprint density at radius 3 is 2.41 bits per heavy atom. The average molecular weight is 440 g/mol. The van der Waals surface area contributed by atoms with Crippen LogP contribution in [0.4, 0.5) is 0 Å². The van der Waals surface area contributed by atoms with Gasteiger partial charge in [0.1, 0.15) is 0 Å². The monoisotopic (exact) mass is 439 g/mol. The zero-order valence-electron chi connectivity index (χ0n) is 17.2. The van der Waals surface area contributed by atoms with Crippen LogP contribution in [-0.2, 0) is 14.8 Å². The van der Waals surface area contributed by atoms with Gasteiger partial charge in [0.05, 0.1) is 10.1 Å². The number of likely N-dealkylation sites (tertiary alicyclic amines) is 1. The normalized spacial score (nSPS) is 16.9. The van der Waals surface area contributed by atoms with Gasteiger partial charge in [-0.05, 0) is 31.9 Å². The van der Waals surface area contributed by atoms with Gasteiger partial charge in [-0.1, -0.05) is 38.5 Å². The summed E-state index contributed by atoms with van der Waals surface area (Å²) in [6.45, 7) is 7.91. The fourth-order valence-electron chi connectivity index (χ4n) is 3.55. The number of carbonyl (C=O) groups excluding carboxylic acids is 1. The van der Waals surface area contributed by atoms with E-state index in [0.717, 1.165) is 25.9 Å². The molecule has 1 unspecified atom stereocenters. The second-order valence-electron chi connectivity index (χ2n) is 7.16. The third-order valence-corrected chi connectivity index (χ3v) is 8.31. The number of rotatable bonds is 7. The Kier molecular flexibility index (Phi) is 7.18. The van der Waals surface area contributed by atoms with Gasteiger partial charge < -0.3 is 4.90 Å². The lowest BCUT2D eigenvalue weighted by Gasteiger charge is -2.23. The number of nitrogens with zero attached hydrogens (tertiary/aromatic N) is 5. The number of carbonyl (C=O) groups is 1. The minimum atomic E-state index is -3.58. The Morgan fingerprint density at radius 2 is 1.79 bits per heavy atom. The molecule has 2 aromatic heterocycles. The van der Waals surface area contributed by atoms with Gasteiger partial charge in [0.2, 0.25) is 15.9 Å². The van der Waals surface area contributed by atoms with Gasteiger partial charge in [0.15, 0.2) is 10.8 Å². The van der Waals surface area contributed by atoms with E-state index in [-0.39, 0.29) is 16.1 Å². The molecular formula is C19H29N5O3S2.